The summed E-state index contributed by atoms with van der Waals surface area (Å²) in [7, 11) is 0. The number of nitrogens with zero attached hydrogens (tertiary/aromatic N) is 1. The Labute approximate surface area is 150 Å². The summed E-state index contributed by atoms with van der Waals surface area (Å²) in [6, 6.07) is 8.02. The van der Waals surface area contributed by atoms with E-state index in [4.69, 9.17) is 9.47 Å². The molecule has 0 radical (unpaired) electrons. The largest absolute Gasteiger partial charge is 0.455 e. The quantitative estimate of drug-likeness (QED) is 0.830. The van der Waals surface area contributed by atoms with Gasteiger partial charge >= 0.3 is 5.97 Å². The van der Waals surface area contributed by atoms with E-state index in [0.29, 0.717) is 31.2 Å². The zero-order valence-corrected chi connectivity index (χ0v) is 14.8. The number of hydrogen-bond acceptors (Lipinski definition) is 6. The van der Waals surface area contributed by atoms with Crippen LogP contribution in [0, 0.1) is 12.8 Å². The SMILES string of the molecule is Cc1ccc(-c2csc(NC(=O)COC(=O)C3CCOCC3)n2)cc1. The maximum absolute atomic E-state index is 11.9. The Morgan fingerprint density at radius 3 is 2.72 bits per heavy atom. The molecule has 3 rings (SSSR count). The molecule has 2 aromatic rings. The van der Waals surface area contributed by atoms with Gasteiger partial charge in [0.15, 0.2) is 11.7 Å². The second-order valence-corrected chi connectivity index (χ2v) is 6.80. The van der Waals surface area contributed by atoms with Crippen molar-refractivity contribution in [3.05, 3.63) is 35.2 Å². The van der Waals surface area contributed by atoms with Crippen LogP contribution in [0.3, 0.4) is 0 Å². The molecule has 132 valence electrons. The summed E-state index contributed by atoms with van der Waals surface area (Å²) in [6.07, 6.45) is 1.29. The zero-order valence-electron chi connectivity index (χ0n) is 14.0. The van der Waals surface area contributed by atoms with Gasteiger partial charge in [0.05, 0.1) is 11.6 Å². The van der Waals surface area contributed by atoms with E-state index in [1.54, 1.807) is 0 Å². The fourth-order valence-corrected chi connectivity index (χ4v) is 3.27. The second kappa shape index (κ2) is 8.22. The van der Waals surface area contributed by atoms with Gasteiger partial charge in [-0.05, 0) is 19.8 Å². The minimum atomic E-state index is -0.384. The Morgan fingerprint density at radius 2 is 2.00 bits per heavy atom. The maximum Gasteiger partial charge on any atom is 0.309 e. The van der Waals surface area contributed by atoms with Crippen molar-refractivity contribution in [1.29, 1.82) is 0 Å². The van der Waals surface area contributed by atoms with Gasteiger partial charge in [-0.1, -0.05) is 29.8 Å². The number of rotatable bonds is 5. The van der Waals surface area contributed by atoms with Gasteiger partial charge < -0.3 is 9.47 Å². The number of carbonyl (C=O) groups is 2. The van der Waals surface area contributed by atoms with Crippen molar-refractivity contribution in [1.82, 2.24) is 4.98 Å². The molecule has 0 spiro atoms. The monoisotopic (exact) mass is 360 g/mol. The van der Waals surface area contributed by atoms with Gasteiger partial charge in [0.25, 0.3) is 5.91 Å². The van der Waals surface area contributed by atoms with Crippen molar-refractivity contribution in [3.8, 4) is 11.3 Å². The highest BCUT2D eigenvalue weighted by Gasteiger charge is 2.23. The second-order valence-electron chi connectivity index (χ2n) is 5.95. The van der Waals surface area contributed by atoms with E-state index in [-0.39, 0.29) is 24.4 Å². The van der Waals surface area contributed by atoms with Crippen LogP contribution in [-0.2, 0) is 19.1 Å². The number of carbonyl (C=O) groups excluding carboxylic acids is 2. The molecule has 1 fully saturated rings. The molecule has 25 heavy (non-hydrogen) atoms. The first-order valence-electron chi connectivity index (χ1n) is 8.18. The molecule has 7 heteroatoms. The Hall–Kier alpha value is -2.25. The molecular formula is C18H20N2O4S. The van der Waals surface area contributed by atoms with E-state index in [2.05, 4.69) is 10.3 Å². The molecule has 6 nitrogen and oxygen atoms in total. The first kappa shape index (κ1) is 17.6. The molecule has 0 aliphatic carbocycles. The van der Waals surface area contributed by atoms with Crippen molar-refractivity contribution in [3.63, 3.8) is 0 Å². The topological polar surface area (TPSA) is 77.5 Å². The van der Waals surface area contributed by atoms with Crippen LogP contribution in [0.15, 0.2) is 29.6 Å². The third-order valence-electron chi connectivity index (χ3n) is 4.00. The molecular weight excluding hydrogens is 340 g/mol. The number of nitrogens with one attached hydrogen (secondary N) is 1. The summed E-state index contributed by atoms with van der Waals surface area (Å²) < 4.78 is 10.3. The minimum absolute atomic E-state index is 0.172. The van der Waals surface area contributed by atoms with Gasteiger partial charge in [0, 0.05) is 24.2 Å². The molecule has 1 aromatic carbocycles. The van der Waals surface area contributed by atoms with Crippen LogP contribution in [0.25, 0.3) is 11.3 Å². The van der Waals surface area contributed by atoms with Crippen molar-refractivity contribution in [2.45, 2.75) is 19.8 Å². The summed E-state index contributed by atoms with van der Waals surface area (Å²) in [5.41, 5.74) is 2.98. The molecule has 1 N–H and O–H groups in total. The van der Waals surface area contributed by atoms with Crippen molar-refractivity contribution in [2.24, 2.45) is 5.92 Å². The van der Waals surface area contributed by atoms with Crippen molar-refractivity contribution < 1.29 is 19.1 Å². The first-order valence-corrected chi connectivity index (χ1v) is 9.06. The molecule has 0 saturated carbocycles. The van der Waals surface area contributed by atoms with Crippen LogP contribution in [0.4, 0.5) is 5.13 Å². The van der Waals surface area contributed by atoms with E-state index < -0.39 is 0 Å². The summed E-state index contributed by atoms with van der Waals surface area (Å²) in [5.74, 6) is -0.891. The molecule has 2 heterocycles. The molecule has 1 aromatic heterocycles. The molecule has 1 saturated heterocycles. The van der Waals surface area contributed by atoms with E-state index in [1.807, 2.05) is 36.6 Å². The van der Waals surface area contributed by atoms with Crippen LogP contribution in [0.1, 0.15) is 18.4 Å². The number of ether oxygens (including phenoxy) is 2. The third kappa shape index (κ3) is 4.87. The number of thiazole rings is 1. The molecule has 0 bridgehead atoms. The standard InChI is InChI=1S/C18H20N2O4S/c1-12-2-4-13(5-3-12)15-11-25-18(19-15)20-16(21)10-24-17(22)14-6-8-23-9-7-14/h2-5,11,14H,6-10H2,1H3,(H,19,20,21). The summed E-state index contributed by atoms with van der Waals surface area (Å²) in [6.45, 7) is 2.85. The number of amides is 1. The fraction of sp³-hybridized carbons (Fsp3) is 0.389. The Kier molecular flexibility index (Phi) is 5.78. The summed E-state index contributed by atoms with van der Waals surface area (Å²) in [5, 5.41) is 5.04. The smallest absolute Gasteiger partial charge is 0.309 e. The average molecular weight is 360 g/mol. The normalized spacial score (nSPS) is 14.9. The van der Waals surface area contributed by atoms with Gasteiger partial charge in [-0.3, -0.25) is 14.9 Å². The van der Waals surface area contributed by atoms with Gasteiger partial charge in [0.1, 0.15) is 0 Å². The number of esters is 1. The highest BCUT2D eigenvalue weighted by Crippen LogP contribution is 2.25. The van der Waals surface area contributed by atoms with Crippen molar-refractivity contribution >= 4 is 28.3 Å². The fourth-order valence-electron chi connectivity index (χ4n) is 2.53. The van der Waals surface area contributed by atoms with Gasteiger partial charge in [-0.15, -0.1) is 11.3 Å². The van der Waals surface area contributed by atoms with Gasteiger partial charge in [-0.2, -0.15) is 0 Å². The summed E-state index contributed by atoms with van der Waals surface area (Å²) in [4.78, 5) is 28.2. The lowest BCUT2D eigenvalue weighted by Gasteiger charge is -2.20. The van der Waals surface area contributed by atoms with Crippen LogP contribution >= 0.6 is 11.3 Å². The predicted octanol–water partition coefficient (Wildman–Crippen LogP) is 3.03. The van der Waals surface area contributed by atoms with Crippen LogP contribution < -0.4 is 5.32 Å². The maximum atomic E-state index is 11.9. The Morgan fingerprint density at radius 1 is 1.28 bits per heavy atom. The number of anilines is 1. The lowest BCUT2D eigenvalue weighted by molar-refractivity contribution is -0.154. The Balaban J connectivity index is 1.49. The molecule has 0 atom stereocenters. The first-order chi connectivity index (χ1) is 12.1. The number of aromatic nitrogens is 1. The van der Waals surface area contributed by atoms with E-state index in [1.165, 1.54) is 16.9 Å². The van der Waals surface area contributed by atoms with Crippen LogP contribution in [0.5, 0.6) is 0 Å². The molecule has 0 unspecified atom stereocenters. The highest BCUT2D eigenvalue weighted by molar-refractivity contribution is 7.14. The Bertz CT molecular complexity index is 736. The number of hydrogen-bond donors (Lipinski definition) is 1. The van der Waals surface area contributed by atoms with E-state index in [0.717, 1.165) is 11.3 Å². The number of aryl methyl sites for hydroxylation is 1. The molecule has 1 aliphatic rings. The van der Waals surface area contributed by atoms with Gasteiger partial charge in [-0.25, -0.2) is 4.98 Å². The molecule has 1 amide bonds. The minimum Gasteiger partial charge on any atom is -0.455 e. The number of benzene rings is 1. The summed E-state index contributed by atoms with van der Waals surface area (Å²) >= 11 is 1.34. The van der Waals surface area contributed by atoms with Gasteiger partial charge in [0.2, 0.25) is 0 Å². The predicted molar refractivity (Wildman–Crippen MR) is 95.4 cm³/mol. The third-order valence-corrected chi connectivity index (χ3v) is 4.76. The molecule has 1 aliphatic heterocycles. The van der Waals surface area contributed by atoms with E-state index >= 15 is 0 Å². The highest BCUT2D eigenvalue weighted by atomic mass is 32.1. The zero-order chi connectivity index (χ0) is 17.6. The van der Waals surface area contributed by atoms with Crippen molar-refractivity contribution in [2.75, 3.05) is 25.1 Å². The average Bonchev–Trinajstić information content (AvgIpc) is 3.09. The lowest BCUT2D eigenvalue weighted by atomic mass is 10.0. The van der Waals surface area contributed by atoms with Crippen LogP contribution in [-0.4, -0.2) is 36.7 Å². The van der Waals surface area contributed by atoms with E-state index in [9.17, 15) is 9.59 Å². The van der Waals surface area contributed by atoms with Crippen LogP contribution in [0.2, 0.25) is 0 Å². The lowest BCUT2D eigenvalue weighted by Crippen LogP contribution is -2.28.